The number of nitrogens with zero attached hydrogens (tertiary/aromatic N) is 4. The maximum atomic E-state index is 14.1. The molecule has 2 N–H and O–H groups in total. The van der Waals surface area contributed by atoms with Gasteiger partial charge < -0.3 is 24.1 Å². The predicted octanol–water partition coefficient (Wildman–Crippen LogP) is 6.36. The molecule has 16 heteroatoms. The Labute approximate surface area is 360 Å². The van der Waals surface area contributed by atoms with Crippen LogP contribution in [0.15, 0.2) is 41.9 Å². The van der Waals surface area contributed by atoms with Crippen LogP contribution in [-0.4, -0.2) is 82.9 Å². The van der Waals surface area contributed by atoms with Crippen molar-refractivity contribution in [3.8, 4) is 22.5 Å². The smallest absolute Gasteiger partial charge is 0.324 e. The van der Waals surface area contributed by atoms with Gasteiger partial charge in [0, 0.05) is 85.3 Å². The van der Waals surface area contributed by atoms with Crippen LogP contribution in [0.25, 0.3) is 33.4 Å². The van der Waals surface area contributed by atoms with Crippen LogP contribution >= 0.6 is 51.8 Å². The second-order valence-corrected chi connectivity index (χ2v) is 16.6. The maximum absolute atomic E-state index is 14.1. The van der Waals surface area contributed by atoms with Gasteiger partial charge in [0.15, 0.2) is 0 Å². The number of pyridine rings is 1. The van der Waals surface area contributed by atoms with Crippen molar-refractivity contribution in [1.29, 1.82) is 0 Å². The van der Waals surface area contributed by atoms with E-state index in [-0.39, 0.29) is 83.8 Å². The lowest BCUT2D eigenvalue weighted by Crippen LogP contribution is -2.60. The first-order chi connectivity index (χ1) is 26.0. The van der Waals surface area contributed by atoms with Crippen molar-refractivity contribution in [3.05, 3.63) is 58.2 Å². The Hall–Kier alpha value is -3.12. The molecule has 4 atom stereocenters. The van der Waals surface area contributed by atoms with Gasteiger partial charge in [0.05, 0.1) is 34.8 Å². The zero-order valence-electron chi connectivity index (χ0n) is 33.5. The lowest BCUT2D eigenvalue weighted by Gasteiger charge is -2.35. The van der Waals surface area contributed by atoms with Crippen LogP contribution < -0.4 is 10.7 Å². The summed E-state index contributed by atoms with van der Waals surface area (Å²) in [6.07, 6.45) is 5.72. The Kier molecular flexibility index (Phi) is 16.5. The summed E-state index contributed by atoms with van der Waals surface area (Å²) >= 11 is 1.48. The molecule has 2 amide bonds. The molecule has 0 saturated carbocycles. The third-order valence-electron chi connectivity index (χ3n) is 10.9. The van der Waals surface area contributed by atoms with Crippen molar-refractivity contribution in [3.63, 3.8) is 0 Å². The second kappa shape index (κ2) is 20.2. The number of rotatable bonds is 7. The van der Waals surface area contributed by atoms with Crippen molar-refractivity contribution in [2.75, 3.05) is 33.5 Å². The maximum Gasteiger partial charge on any atom is 0.324 e. The minimum Gasteiger partial charge on any atom is -0.464 e. The molecule has 6 bridgehead atoms. The fourth-order valence-electron chi connectivity index (χ4n) is 8.05. The summed E-state index contributed by atoms with van der Waals surface area (Å²) < 4.78 is 19.8. The molecular formula is C41H58N6O6S4. The van der Waals surface area contributed by atoms with Gasteiger partial charge in [0.2, 0.25) is 5.91 Å². The van der Waals surface area contributed by atoms with Gasteiger partial charge >= 0.3 is 5.97 Å². The van der Waals surface area contributed by atoms with E-state index in [2.05, 4.69) is 60.3 Å². The minimum absolute atomic E-state index is 0. The first-order valence-corrected chi connectivity index (χ1v) is 20.1. The number of carbonyl (C=O) groups excluding carboxylic acids is 3. The molecule has 0 aliphatic carbocycles. The molecular weight excluding hydrogens is 801 g/mol. The van der Waals surface area contributed by atoms with Gasteiger partial charge in [-0.05, 0) is 81.7 Å². The molecule has 6 heterocycles. The number of hydrazine groups is 1. The summed E-state index contributed by atoms with van der Waals surface area (Å²) in [4.78, 5) is 51.0. The summed E-state index contributed by atoms with van der Waals surface area (Å²) in [6.45, 7) is 11.0. The quantitative estimate of drug-likeness (QED) is 0.204. The normalized spacial score (nSPS) is 21.6. The third kappa shape index (κ3) is 10.4. The highest BCUT2D eigenvalue weighted by molar-refractivity contribution is 7.59. The van der Waals surface area contributed by atoms with E-state index in [1.54, 1.807) is 13.3 Å². The molecule has 1 aromatic carbocycles. The number of carbonyl (C=O) groups is 3. The lowest BCUT2D eigenvalue weighted by atomic mass is 9.84. The third-order valence-corrected chi connectivity index (χ3v) is 11.8. The van der Waals surface area contributed by atoms with E-state index in [9.17, 15) is 14.4 Å². The summed E-state index contributed by atoms with van der Waals surface area (Å²) in [7, 11) is 1.70. The fourth-order valence-corrected chi connectivity index (χ4v) is 8.90. The molecule has 4 aromatic rings. The number of fused-ring (bicyclic) bond motifs is 6. The monoisotopic (exact) mass is 858 g/mol. The molecule has 3 aliphatic heterocycles. The van der Waals surface area contributed by atoms with Crippen LogP contribution in [-0.2, 0) is 48.0 Å². The molecule has 7 rings (SSSR count). The molecule has 3 aromatic heterocycles. The Bertz CT molecular complexity index is 2010. The van der Waals surface area contributed by atoms with E-state index >= 15 is 0 Å². The number of thiazole rings is 1. The summed E-state index contributed by atoms with van der Waals surface area (Å²) in [6, 6.07) is 8.99. The van der Waals surface area contributed by atoms with E-state index in [0.717, 1.165) is 69.1 Å². The number of aryl methyl sites for hydroxylation is 1. The summed E-state index contributed by atoms with van der Waals surface area (Å²) in [5.41, 5.74) is 9.64. The SMILES string of the molecule is CCn1c(-c2cccnc2[C@H](C)OC)c2c3cc(ccc31)-c1csc(n1)C[C@H](NC(=O)CC1CCCOC1)C(=O)N1CCC[C@H](N1)C(=O)OCC(C)(C)C2.S.S.S. The number of benzene rings is 1. The number of amides is 2. The topological polar surface area (TPSA) is 137 Å². The number of nitrogens with one attached hydrogen (secondary N) is 2. The van der Waals surface area contributed by atoms with E-state index in [1.807, 2.05) is 18.4 Å². The van der Waals surface area contributed by atoms with Gasteiger partial charge in [-0.15, -0.1) is 11.3 Å². The molecule has 0 radical (unpaired) electrons. The van der Waals surface area contributed by atoms with Crippen molar-refractivity contribution < 1.29 is 28.6 Å². The van der Waals surface area contributed by atoms with Crippen molar-refractivity contribution >= 4 is 80.5 Å². The molecule has 57 heavy (non-hydrogen) atoms. The van der Waals surface area contributed by atoms with Crippen LogP contribution in [0.5, 0.6) is 0 Å². The molecule has 312 valence electrons. The number of ether oxygens (including phenoxy) is 3. The fraction of sp³-hybridized carbons (Fsp3) is 0.537. The van der Waals surface area contributed by atoms with Gasteiger partial charge in [-0.1, -0.05) is 19.9 Å². The lowest BCUT2D eigenvalue weighted by molar-refractivity contribution is -0.155. The van der Waals surface area contributed by atoms with Gasteiger partial charge in [-0.2, -0.15) is 40.5 Å². The highest BCUT2D eigenvalue weighted by Crippen LogP contribution is 2.42. The standard InChI is InChI=1S/C41H52N6O6S.3H2S/c1-6-46-34-14-13-27-19-29(34)30(38(46)28-11-7-15-42-37(28)25(2)51-5)21-41(3,4)24-53-40(50)31-12-8-16-47(45-31)39(49)32(20-36-44-33(27)23-54-36)43-35(48)18-26-10-9-17-52-22-26;;;/h7,11,13-15,19,23,25-26,31-32,45H,6,8-10,12,16-18,20-22,24H2,1-5H3,(H,43,48);3*1H2/t25-,26?,31-,32-;;;/m0.../s1. The largest absolute Gasteiger partial charge is 0.464 e. The molecule has 2 saturated heterocycles. The number of esters is 1. The summed E-state index contributed by atoms with van der Waals surface area (Å²) in [5, 5.41) is 8.37. The van der Waals surface area contributed by atoms with E-state index in [0.29, 0.717) is 39.0 Å². The number of hydrogen-bond acceptors (Lipinski definition) is 10. The average Bonchev–Trinajstić information content (AvgIpc) is 3.77. The number of hydrogen-bond donors (Lipinski definition) is 2. The number of aromatic nitrogens is 3. The molecule has 0 spiro atoms. The van der Waals surface area contributed by atoms with Crippen LogP contribution in [0.1, 0.15) is 82.2 Å². The van der Waals surface area contributed by atoms with Crippen molar-refractivity contribution in [1.82, 2.24) is 30.3 Å². The van der Waals surface area contributed by atoms with Crippen LogP contribution in [0.3, 0.4) is 0 Å². The highest BCUT2D eigenvalue weighted by atomic mass is 32.1. The average molecular weight is 859 g/mol. The first kappa shape index (κ1) is 46.6. The van der Waals surface area contributed by atoms with E-state index in [4.69, 9.17) is 24.2 Å². The Balaban J connectivity index is 0.00000240. The Morgan fingerprint density at radius 2 is 1.96 bits per heavy atom. The second-order valence-electron chi connectivity index (χ2n) is 15.6. The minimum atomic E-state index is -0.862. The molecule has 1 unspecified atom stereocenters. The molecule has 2 fully saturated rings. The van der Waals surface area contributed by atoms with Gasteiger partial charge in [-0.3, -0.25) is 24.4 Å². The Morgan fingerprint density at radius 1 is 1.16 bits per heavy atom. The molecule has 3 aliphatic rings. The molecule has 12 nitrogen and oxygen atoms in total. The first-order valence-electron chi connectivity index (χ1n) is 19.2. The zero-order chi connectivity index (χ0) is 38.0. The van der Waals surface area contributed by atoms with Gasteiger partial charge in [-0.25, -0.2) is 10.4 Å². The predicted molar refractivity (Wildman–Crippen MR) is 239 cm³/mol. The summed E-state index contributed by atoms with van der Waals surface area (Å²) in [5.74, 6) is -0.766. The van der Waals surface area contributed by atoms with Crippen LogP contribution in [0.4, 0.5) is 0 Å². The van der Waals surface area contributed by atoms with Crippen molar-refractivity contribution in [2.24, 2.45) is 11.3 Å². The van der Waals surface area contributed by atoms with E-state index in [1.165, 1.54) is 16.3 Å². The number of methoxy groups -OCH3 is 1. The van der Waals surface area contributed by atoms with Gasteiger partial charge in [0.1, 0.15) is 12.1 Å². The van der Waals surface area contributed by atoms with Crippen LogP contribution in [0.2, 0.25) is 0 Å². The van der Waals surface area contributed by atoms with Gasteiger partial charge in [0.25, 0.3) is 5.91 Å². The van der Waals surface area contributed by atoms with E-state index < -0.39 is 23.5 Å². The van der Waals surface area contributed by atoms with Crippen LogP contribution in [0, 0.1) is 11.3 Å². The number of cyclic esters (lactones) is 1. The highest BCUT2D eigenvalue weighted by Gasteiger charge is 2.36. The van der Waals surface area contributed by atoms with Crippen molar-refractivity contribution in [2.45, 2.75) is 97.4 Å². The Morgan fingerprint density at radius 3 is 2.70 bits per heavy atom. The zero-order valence-corrected chi connectivity index (χ0v) is 37.3.